The minimum atomic E-state index is -3.92. The number of sulfonamides is 1. The minimum Gasteiger partial charge on any atom is -0.489 e. The number of nitrogens with zero attached hydrogens (tertiary/aromatic N) is 1. The van der Waals surface area contributed by atoms with Crippen LogP contribution >= 0.6 is 23.2 Å². The number of amides is 1. The molecule has 2 N–H and O–H groups in total. The highest BCUT2D eigenvalue weighted by Gasteiger charge is 2.18. The van der Waals surface area contributed by atoms with E-state index in [0.717, 1.165) is 11.1 Å². The van der Waals surface area contributed by atoms with Crippen molar-refractivity contribution >= 4 is 51.0 Å². The molecule has 0 aliphatic carbocycles. The standard InChI is InChI=1S/C27H21Cl2N3O4S/c28-21-9-5-20(6-10-21)18-36-23-13-7-19(8-14-23)17-30-31-27(33)25-3-1-2-4-26(25)32-37(34,35)24-15-11-22(29)12-16-24/h1-17,32H,18H2,(H,31,33). The number of nitrogens with one attached hydrogen (secondary N) is 2. The lowest BCUT2D eigenvalue weighted by Gasteiger charge is -2.11. The third-order valence-electron chi connectivity index (χ3n) is 5.12. The van der Waals surface area contributed by atoms with Crippen molar-refractivity contribution in [1.29, 1.82) is 0 Å². The maximum atomic E-state index is 12.7. The minimum absolute atomic E-state index is 0.0192. The fourth-order valence-electron chi connectivity index (χ4n) is 3.21. The number of anilines is 1. The van der Waals surface area contributed by atoms with Crippen LogP contribution in [0.4, 0.5) is 5.69 Å². The number of rotatable bonds is 9. The van der Waals surface area contributed by atoms with Gasteiger partial charge in [-0.15, -0.1) is 0 Å². The molecular weight excluding hydrogens is 533 g/mol. The van der Waals surface area contributed by atoms with Gasteiger partial charge in [-0.25, -0.2) is 13.8 Å². The maximum absolute atomic E-state index is 12.7. The molecule has 0 saturated carbocycles. The van der Waals surface area contributed by atoms with E-state index in [9.17, 15) is 13.2 Å². The van der Waals surface area contributed by atoms with Crippen LogP contribution in [0.1, 0.15) is 21.5 Å². The number of hydrazone groups is 1. The number of ether oxygens (including phenoxy) is 1. The van der Waals surface area contributed by atoms with Crippen LogP contribution in [-0.2, 0) is 16.6 Å². The van der Waals surface area contributed by atoms with Gasteiger partial charge in [0.05, 0.1) is 22.4 Å². The Bertz CT molecular complexity index is 1510. The lowest BCUT2D eigenvalue weighted by molar-refractivity contribution is 0.0956. The largest absolute Gasteiger partial charge is 0.489 e. The highest BCUT2D eigenvalue weighted by Crippen LogP contribution is 2.21. The zero-order chi connectivity index (χ0) is 26.3. The Morgan fingerprint density at radius 3 is 2.14 bits per heavy atom. The number of para-hydroxylation sites is 1. The molecule has 0 unspecified atom stereocenters. The highest BCUT2D eigenvalue weighted by atomic mass is 35.5. The molecule has 1 amide bonds. The number of hydrogen-bond acceptors (Lipinski definition) is 5. The van der Waals surface area contributed by atoms with E-state index in [-0.39, 0.29) is 16.1 Å². The van der Waals surface area contributed by atoms with E-state index in [1.807, 2.05) is 12.1 Å². The van der Waals surface area contributed by atoms with Gasteiger partial charge in [-0.05, 0) is 83.9 Å². The molecule has 0 bridgehead atoms. The molecule has 0 atom stereocenters. The first-order valence-corrected chi connectivity index (χ1v) is 13.2. The van der Waals surface area contributed by atoms with Gasteiger partial charge in [0.25, 0.3) is 15.9 Å². The molecule has 10 heteroatoms. The van der Waals surface area contributed by atoms with Crippen molar-refractivity contribution in [2.75, 3.05) is 4.72 Å². The summed E-state index contributed by atoms with van der Waals surface area (Å²) in [6, 6.07) is 26.5. The predicted molar refractivity (Wildman–Crippen MR) is 146 cm³/mol. The fourth-order valence-corrected chi connectivity index (χ4v) is 4.54. The summed E-state index contributed by atoms with van der Waals surface area (Å²) in [6.07, 6.45) is 1.47. The van der Waals surface area contributed by atoms with Crippen molar-refractivity contribution in [3.8, 4) is 5.75 Å². The lowest BCUT2D eigenvalue weighted by Crippen LogP contribution is -2.21. The van der Waals surface area contributed by atoms with Gasteiger partial charge in [-0.3, -0.25) is 9.52 Å². The average Bonchev–Trinajstić information content (AvgIpc) is 2.89. The molecule has 4 rings (SSSR count). The summed E-state index contributed by atoms with van der Waals surface area (Å²) >= 11 is 11.7. The molecule has 7 nitrogen and oxygen atoms in total. The van der Waals surface area contributed by atoms with Crippen LogP contribution in [0.2, 0.25) is 10.0 Å². The Hall–Kier alpha value is -3.85. The molecule has 37 heavy (non-hydrogen) atoms. The van der Waals surface area contributed by atoms with Gasteiger partial charge >= 0.3 is 0 Å². The van der Waals surface area contributed by atoms with E-state index in [1.165, 1.54) is 42.6 Å². The number of halogens is 2. The van der Waals surface area contributed by atoms with Gasteiger partial charge in [0.2, 0.25) is 0 Å². The van der Waals surface area contributed by atoms with Crippen LogP contribution in [0.5, 0.6) is 5.75 Å². The van der Waals surface area contributed by atoms with E-state index in [2.05, 4.69) is 15.2 Å². The smallest absolute Gasteiger partial charge is 0.273 e. The Balaban J connectivity index is 1.36. The van der Waals surface area contributed by atoms with Crippen molar-refractivity contribution < 1.29 is 17.9 Å². The highest BCUT2D eigenvalue weighted by molar-refractivity contribution is 7.92. The van der Waals surface area contributed by atoms with Crippen LogP contribution in [0, 0.1) is 0 Å². The third-order valence-corrected chi connectivity index (χ3v) is 7.00. The molecule has 0 spiro atoms. The van der Waals surface area contributed by atoms with E-state index >= 15 is 0 Å². The van der Waals surface area contributed by atoms with Crippen molar-refractivity contribution in [2.45, 2.75) is 11.5 Å². The van der Waals surface area contributed by atoms with Crippen LogP contribution in [-0.4, -0.2) is 20.5 Å². The van der Waals surface area contributed by atoms with Crippen LogP contribution < -0.4 is 14.9 Å². The van der Waals surface area contributed by atoms with Gasteiger partial charge < -0.3 is 4.74 Å². The van der Waals surface area contributed by atoms with E-state index in [1.54, 1.807) is 48.5 Å². The molecule has 188 valence electrons. The third kappa shape index (κ3) is 7.33. The SMILES string of the molecule is O=C(NN=Cc1ccc(OCc2ccc(Cl)cc2)cc1)c1ccccc1NS(=O)(=O)c1ccc(Cl)cc1. The predicted octanol–water partition coefficient (Wildman–Crippen LogP) is 6.14. The number of benzene rings is 4. The van der Waals surface area contributed by atoms with E-state index in [0.29, 0.717) is 22.4 Å². The second kappa shape index (κ2) is 11.9. The number of carbonyl (C=O) groups is 1. The normalized spacial score (nSPS) is 11.3. The van der Waals surface area contributed by atoms with E-state index in [4.69, 9.17) is 27.9 Å². The van der Waals surface area contributed by atoms with E-state index < -0.39 is 15.9 Å². The first-order chi connectivity index (χ1) is 17.8. The molecule has 4 aromatic carbocycles. The summed E-state index contributed by atoms with van der Waals surface area (Å²) in [7, 11) is -3.92. The van der Waals surface area contributed by atoms with Crippen LogP contribution in [0.25, 0.3) is 0 Å². The molecule has 0 saturated heterocycles. The van der Waals surface area contributed by atoms with Crippen molar-refractivity contribution in [3.63, 3.8) is 0 Å². The van der Waals surface area contributed by atoms with Gasteiger partial charge in [-0.2, -0.15) is 5.10 Å². The Labute approximate surface area is 224 Å². The van der Waals surface area contributed by atoms with Crippen molar-refractivity contribution in [2.24, 2.45) is 5.10 Å². The van der Waals surface area contributed by atoms with Gasteiger partial charge in [0, 0.05) is 10.0 Å². The van der Waals surface area contributed by atoms with Crippen LogP contribution in [0.15, 0.2) is 107 Å². The summed E-state index contributed by atoms with van der Waals surface area (Å²) in [4.78, 5) is 12.7. The summed E-state index contributed by atoms with van der Waals surface area (Å²) in [6.45, 7) is 0.405. The molecule has 0 aliphatic heterocycles. The molecular formula is C27H21Cl2N3O4S. The van der Waals surface area contributed by atoms with Gasteiger partial charge in [-0.1, -0.05) is 47.5 Å². The van der Waals surface area contributed by atoms with Crippen LogP contribution in [0.3, 0.4) is 0 Å². The zero-order valence-electron chi connectivity index (χ0n) is 19.3. The summed E-state index contributed by atoms with van der Waals surface area (Å²) in [5.74, 6) is 0.103. The first kappa shape index (κ1) is 26.2. The summed E-state index contributed by atoms with van der Waals surface area (Å²) < 4.78 is 33.6. The maximum Gasteiger partial charge on any atom is 0.273 e. The zero-order valence-corrected chi connectivity index (χ0v) is 21.6. The van der Waals surface area contributed by atoms with Crippen molar-refractivity contribution in [1.82, 2.24) is 5.43 Å². The quantitative estimate of drug-likeness (QED) is 0.192. The summed E-state index contributed by atoms with van der Waals surface area (Å²) in [5.41, 5.74) is 4.38. The average molecular weight is 554 g/mol. The molecule has 0 fully saturated rings. The first-order valence-electron chi connectivity index (χ1n) is 11.0. The van der Waals surface area contributed by atoms with Crippen molar-refractivity contribution in [3.05, 3.63) is 124 Å². The molecule has 0 aliphatic rings. The Morgan fingerprint density at radius 1 is 0.838 bits per heavy atom. The fraction of sp³-hybridized carbons (Fsp3) is 0.0370. The number of carbonyl (C=O) groups excluding carboxylic acids is 1. The molecule has 4 aromatic rings. The molecule has 0 heterocycles. The number of hydrogen-bond donors (Lipinski definition) is 2. The summed E-state index contributed by atoms with van der Waals surface area (Å²) in [5, 5.41) is 5.07. The Morgan fingerprint density at radius 2 is 1.46 bits per heavy atom. The topological polar surface area (TPSA) is 96.9 Å². The molecule has 0 aromatic heterocycles. The molecule has 0 radical (unpaired) electrons. The van der Waals surface area contributed by atoms with Gasteiger partial charge in [0.1, 0.15) is 12.4 Å². The van der Waals surface area contributed by atoms with Gasteiger partial charge in [0.15, 0.2) is 0 Å². The second-order valence-corrected chi connectivity index (χ2v) is 10.3. The Kier molecular flexibility index (Phi) is 8.45. The second-order valence-electron chi connectivity index (χ2n) is 7.79. The lowest BCUT2D eigenvalue weighted by atomic mass is 10.2. The monoisotopic (exact) mass is 553 g/mol.